The fourth-order valence-electron chi connectivity index (χ4n) is 2.81. The van der Waals surface area contributed by atoms with Gasteiger partial charge in [0.25, 0.3) is 5.91 Å². The minimum atomic E-state index is -0.227. The molecule has 3 rings (SSSR count). The molecule has 0 atom stereocenters. The van der Waals surface area contributed by atoms with E-state index in [4.69, 9.17) is 4.74 Å². The van der Waals surface area contributed by atoms with Crippen LogP contribution >= 0.6 is 0 Å². The molecule has 6 nitrogen and oxygen atoms in total. The Morgan fingerprint density at radius 1 is 0.903 bits per heavy atom. The Bertz CT molecular complexity index is 1060. The van der Waals surface area contributed by atoms with Gasteiger partial charge >= 0.3 is 0 Å². The molecule has 0 aliphatic rings. The number of aryl methyl sites for hydroxylation is 2. The summed E-state index contributed by atoms with van der Waals surface area (Å²) in [6.45, 7) is 3.94. The summed E-state index contributed by atoms with van der Waals surface area (Å²) in [5, 5.41) is 6.79. The van der Waals surface area contributed by atoms with Crippen LogP contribution in [0.1, 0.15) is 22.3 Å². The summed E-state index contributed by atoms with van der Waals surface area (Å²) in [4.78, 5) is 24.0. The predicted molar refractivity (Wildman–Crippen MR) is 122 cm³/mol. The summed E-state index contributed by atoms with van der Waals surface area (Å²) >= 11 is 0. The number of hydrazone groups is 1. The van der Waals surface area contributed by atoms with E-state index in [0.29, 0.717) is 5.75 Å². The first-order valence-corrected chi connectivity index (χ1v) is 9.95. The van der Waals surface area contributed by atoms with Crippen LogP contribution < -0.4 is 15.5 Å². The summed E-state index contributed by atoms with van der Waals surface area (Å²) in [5.41, 5.74) is 7.28. The predicted octanol–water partition coefficient (Wildman–Crippen LogP) is 4.01. The topological polar surface area (TPSA) is 79.8 Å². The van der Waals surface area contributed by atoms with Crippen LogP contribution in [0.4, 0.5) is 5.69 Å². The highest BCUT2D eigenvalue weighted by atomic mass is 16.5. The lowest BCUT2D eigenvalue weighted by Crippen LogP contribution is -2.20. The highest BCUT2D eigenvalue weighted by Crippen LogP contribution is 2.15. The van der Waals surface area contributed by atoms with E-state index in [2.05, 4.69) is 15.8 Å². The first-order chi connectivity index (χ1) is 15.0. The average molecular weight is 415 g/mol. The van der Waals surface area contributed by atoms with Crippen LogP contribution in [-0.4, -0.2) is 24.6 Å². The zero-order chi connectivity index (χ0) is 22.1. The van der Waals surface area contributed by atoms with E-state index in [1.807, 2.05) is 62.4 Å². The zero-order valence-electron chi connectivity index (χ0n) is 17.6. The Labute approximate surface area is 182 Å². The van der Waals surface area contributed by atoms with Crippen molar-refractivity contribution in [2.45, 2.75) is 20.3 Å². The third kappa shape index (κ3) is 7.12. The zero-order valence-corrected chi connectivity index (χ0v) is 17.6. The Morgan fingerprint density at radius 3 is 2.35 bits per heavy atom. The number of benzene rings is 3. The molecule has 0 aliphatic carbocycles. The number of ether oxygens (including phenoxy) is 1. The number of hydrogen-bond donors (Lipinski definition) is 2. The van der Waals surface area contributed by atoms with Crippen LogP contribution in [0.15, 0.2) is 77.9 Å². The van der Waals surface area contributed by atoms with Crippen LogP contribution in [0.3, 0.4) is 0 Å². The molecule has 0 spiro atoms. The van der Waals surface area contributed by atoms with Crippen molar-refractivity contribution in [3.05, 3.63) is 95.1 Å². The van der Waals surface area contributed by atoms with Crippen LogP contribution in [0.25, 0.3) is 0 Å². The normalized spacial score (nSPS) is 10.6. The molecule has 0 fully saturated rings. The number of nitrogens with zero attached hydrogens (tertiary/aromatic N) is 1. The van der Waals surface area contributed by atoms with E-state index in [1.54, 1.807) is 30.5 Å². The van der Waals surface area contributed by atoms with Gasteiger partial charge in [0.2, 0.25) is 5.91 Å². The molecule has 2 amide bonds. The second kappa shape index (κ2) is 10.7. The van der Waals surface area contributed by atoms with Crippen molar-refractivity contribution >= 4 is 23.7 Å². The number of amides is 2. The standard InChI is InChI=1S/C25H25N3O3/c1-18-8-11-22(14-19(18)2)27-25(30)17-31-23-12-9-21(10-13-23)16-26-28-24(29)15-20-6-4-3-5-7-20/h3-14,16H,15,17H2,1-2H3,(H,27,30)(H,28,29). The SMILES string of the molecule is Cc1ccc(NC(=O)COc2ccc(C=NNC(=O)Cc3ccccc3)cc2)cc1C. The van der Waals surface area contributed by atoms with Crippen LogP contribution in [-0.2, 0) is 16.0 Å². The van der Waals surface area contributed by atoms with Crippen molar-refractivity contribution < 1.29 is 14.3 Å². The van der Waals surface area contributed by atoms with Crippen molar-refractivity contribution in [1.29, 1.82) is 0 Å². The highest BCUT2D eigenvalue weighted by molar-refractivity contribution is 5.92. The van der Waals surface area contributed by atoms with E-state index in [1.165, 1.54) is 5.56 Å². The van der Waals surface area contributed by atoms with Crippen molar-refractivity contribution in [3.63, 3.8) is 0 Å². The minimum Gasteiger partial charge on any atom is -0.484 e. The molecule has 0 saturated carbocycles. The first kappa shape index (κ1) is 21.8. The maximum atomic E-state index is 12.1. The molecule has 3 aromatic rings. The van der Waals surface area contributed by atoms with Gasteiger partial charge < -0.3 is 10.1 Å². The lowest BCUT2D eigenvalue weighted by molar-refractivity contribution is -0.120. The number of carbonyl (C=O) groups is 2. The minimum absolute atomic E-state index is 0.0874. The van der Waals surface area contributed by atoms with Crippen molar-refractivity contribution in [2.75, 3.05) is 11.9 Å². The Morgan fingerprint density at radius 2 is 1.65 bits per heavy atom. The maximum absolute atomic E-state index is 12.1. The number of nitrogens with one attached hydrogen (secondary N) is 2. The second-order valence-electron chi connectivity index (χ2n) is 7.16. The molecular weight excluding hydrogens is 390 g/mol. The van der Waals surface area contributed by atoms with Gasteiger partial charge in [0.15, 0.2) is 6.61 Å². The Hall–Kier alpha value is -3.93. The van der Waals surface area contributed by atoms with Crippen LogP contribution in [0, 0.1) is 13.8 Å². The smallest absolute Gasteiger partial charge is 0.262 e. The largest absolute Gasteiger partial charge is 0.484 e. The molecular formula is C25H25N3O3. The van der Waals surface area contributed by atoms with Crippen molar-refractivity contribution in [1.82, 2.24) is 5.43 Å². The van der Waals surface area contributed by atoms with E-state index < -0.39 is 0 Å². The second-order valence-corrected chi connectivity index (χ2v) is 7.16. The molecule has 0 heterocycles. The fraction of sp³-hybridized carbons (Fsp3) is 0.160. The summed E-state index contributed by atoms with van der Waals surface area (Å²) in [6.07, 6.45) is 1.83. The monoisotopic (exact) mass is 415 g/mol. The Balaban J connectivity index is 1.43. The molecule has 0 radical (unpaired) electrons. The molecule has 0 unspecified atom stereocenters. The molecule has 31 heavy (non-hydrogen) atoms. The average Bonchev–Trinajstić information content (AvgIpc) is 2.76. The first-order valence-electron chi connectivity index (χ1n) is 9.95. The van der Waals surface area contributed by atoms with E-state index in [9.17, 15) is 9.59 Å². The van der Waals surface area contributed by atoms with E-state index in [0.717, 1.165) is 22.4 Å². The number of carbonyl (C=O) groups excluding carboxylic acids is 2. The summed E-state index contributed by atoms with van der Waals surface area (Å²) in [7, 11) is 0. The quantitative estimate of drug-likeness (QED) is 0.431. The van der Waals surface area contributed by atoms with Gasteiger partial charge in [-0.3, -0.25) is 9.59 Å². The summed E-state index contributed by atoms with van der Waals surface area (Å²) in [5.74, 6) is 0.160. The maximum Gasteiger partial charge on any atom is 0.262 e. The van der Waals surface area contributed by atoms with Gasteiger partial charge in [-0.15, -0.1) is 0 Å². The van der Waals surface area contributed by atoms with Gasteiger partial charge in [0.05, 0.1) is 12.6 Å². The van der Waals surface area contributed by atoms with Gasteiger partial charge in [-0.05, 0) is 72.5 Å². The van der Waals surface area contributed by atoms with Gasteiger partial charge in [-0.2, -0.15) is 5.10 Å². The molecule has 6 heteroatoms. The lowest BCUT2D eigenvalue weighted by Gasteiger charge is -2.09. The number of anilines is 1. The molecule has 0 aromatic heterocycles. The molecule has 0 bridgehead atoms. The van der Waals surface area contributed by atoms with Crippen molar-refractivity contribution in [3.8, 4) is 5.75 Å². The Kier molecular flexibility index (Phi) is 7.54. The number of hydrogen-bond acceptors (Lipinski definition) is 4. The third-order valence-corrected chi connectivity index (χ3v) is 4.65. The van der Waals surface area contributed by atoms with Crippen LogP contribution in [0.2, 0.25) is 0 Å². The molecule has 0 saturated heterocycles. The van der Waals surface area contributed by atoms with Crippen LogP contribution in [0.5, 0.6) is 5.75 Å². The lowest BCUT2D eigenvalue weighted by atomic mass is 10.1. The number of rotatable bonds is 8. The van der Waals surface area contributed by atoms with Gasteiger partial charge in [0.1, 0.15) is 5.75 Å². The van der Waals surface area contributed by atoms with Crippen molar-refractivity contribution in [2.24, 2.45) is 5.10 Å². The van der Waals surface area contributed by atoms with Gasteiger partial charge in [-0.1, -0.05) is 36.4 Å². The summed E-state index contributed by atoms with van der Waals surface area (Å²) in [6, 6.07) is 22.3. The van der Waals surface area contributed by atoms with E-state index in [-0.39, 0.29) is 24.8 Å². The third-order valence-electron chi connectivity index (χ3n) is 4.65. The van der Waals surface area contributed by atoms with Gasteiger partial charge in [0, 0.05) is 5.69 Å². The molecule has 158 valence electrons. The van der Waals surface area contributed by atoms with Gasteiger partial charge in [-0.25, -0.2) is 5.43 Å². The fourth-order valence-corrected chi connectivity index (χ4v) is 2.81. The molecule has 0 aliphatic heterocycles. The molecule has 2 N–H and O–H groups in total. The summed E-state index contributed by atoms with van der Waals surface area (Å²) < 4.78 is 5.53. The highest BCUT2D eigenvalue weighted by Gasteiger charge is 2.05. The van der Waals surface area contributed by atoms with E-state index >= 15 is 0 Å². The molecule has 3 aromatic carbocycles.